The molecule has 0 aliphatic carbocycles. The molecule has 0 aliphatic rings. The molecule has 158 valence electrons. The topological polar surface area (TPSA) is 109 Å². The van der Waals surface area contributed by atoms with Gasteiger partial charge in [0.15, 0.2) is 12.6 Å². The van der Waals surface area contributed by atoms with Crippen LogP contribution in [0.15, 0.2) is 59.6 Å². The Morgan fingerprint density at radius 3 is 2.80 bits per heavy atom. The van der Waals surface area contributed by atoms with E-state index in [2.05, 4.69) is 21.7 Å². The van der Waals surface area contributed by atoms with Crippen molar-refractivity contribution in [1.82, 2.24) is 10.6 Å². The van der Waals surface area contributed by atoms with Crippen LogP contribution in [0.3, 0.4) is 0 Å². The van der Waals surface area contributed by atoms with Crippen LogP contribution in [0.4, 0.5) is 0 Å². The maximum absolute atomic E-state index is 10.9. The number of rotatable bonds is 9. The van der Waals surface area contributed by atoms with E-state index in [1.807, 2.05) is 49.4 Å². The standard InChI is InChI=1S/C22H26N4O3S/c1-2-24-22(25-12-15-6-5-8-17(10-15)29-14-21(23)28)26-13-18(27)20-11-16-7-3-4-9-19(16)30-20/h3-11,18,27H,2,12-14H2,1H3,(H2,23,28)(H2,24,25,26). The Morgan fingerprint density at radius 2 is 2.03 bits per heavy atom. The fraction of sp³-hybridized carbons (Fsp3) is 0.273. The molecule has 0 bridgehead atoms. The van der Waals surface area contributed by atoms with Crippen LogP contribution in [-0.4, -0.2) is 36.7 Å². The van der Waals surface area contributed by atoms with E-state index >= 15 is 0 Å². The van der Waals surface area contributed by atoms with E-state index in [1.165, 1.54) is 0 Å². The molecule has 5 N–H and O–H groups in total. The van der Waals surface area contributed by atoms with Crippen molar-refractivity contribution in [2.45, 2.75) is 19.6 Å². The SMILES string of the molecule is CCNC(=NCc1cccc(OCC(N)=O)c1)NCC(O)c1cc2ccccc2s1. The average Bonchev–Trinajstić information content (AvgIpc) is 3.19. The van der Waals surface area contributed by atoms with Gasteiger partial charge in [0.25, 0.3) is 5.91 Å². The summed E-state index contributed by atoms with van der Waals surface area (Å²) in [5.74, 6) is 0.662. The number of hydrogen-bond acceptors (Lipinski definition) is 5. The van der Waals surface area contributed by atoms with Gasteiger partial charge in [0.05, 0.1) is 6.54 Å². The van der Waals surface area contributed by atoms with Crippen LogP contribution in [0.5, 0.6) is 5.75 Å². The molecular formula is C22H26N4O3S. The molecule has 0 radical (unpaired) electrons. The van der Waals surface area contributed by atoms with E-state index in [0.29, 0.717) is 31.3 Å². The third-order valence-electron chi connectivity index (χ3n) is 4.28. The van der Waals surface area contributed by atoms with Crippen LogP contribution in [0.2, 0.25) is 0 Å². The molecule has 2 aromatic carbocycles. The smallest absolute Gasteiger partial charge is 0.255 e. The lowest BCUT2D eigenvalue weighted by Crippen LogP contribution is -2.39. The van der Waals surface area contributed by atoms with Crippen molar-refractivity contribution in [3.8, 4) is 5.75 Å². The van der Waals surface area contributed by atoms with E-state index in [0.717, 1.165) is 20.5 Å². The van der Waals surface area contributed by atoms with Gasteiger partial charge in [-0.25, -0.2) is 4.99 Å². The van der Waals surface area contributed by atoms with Crippen molar-refractivity contribution in [2.24, 2.45) is 10.7 Å². The lowest BCUT2D eigenvalue weighted by molar-refractivity contribution is -0.119. The summed E-state index contributed by atoms with van der Waals surface area (Å²) >= 11 is 1.59. The molecule has 1 amide bonds. The van der Waals surface area contributed by atoms with Crippen LogP contribution < -0.4 is 21.1 Å². The Labute approximate surface area is 179 Å². The monoisotopic (exact) mass is 426 g/mol. The summed E-state index contributed by atoms with van der Waals surface area (Å²) in [6.07, 6.45) is -0.628. The highest BCUT2D eigenvalue weighted by Crippen LogP contribution is 2.29. The second-order valence-electron chi connectivity index (χ2n) is 6.68. The highest BCUT2D eigenvalue weighted by molar-refractivity contribution is 7.19. The summed E-state index contributed by atoms with van der Waals surface area (Å²) in [5, 5.41) is 18.1. The first-order chi connectivity index (χ1) is 14.5. The van der Waals surface area contributed by atoms with Gasteiger partial charge in [-0.1, -0.05) is 30.3 Å². The minimum Gasteiger partial charge on any atom is -0.484 e. The average molecular weight is 427 g/mol. The first-order valence-electron chi connectivity index (χ1n) is 9.74. The summed E-state index contributed by atoms with van der Waals surface area (Å²) in [5.41, 5.74) is 6.04. The van der Waals surface area contributed by atoms with E-state index in [-0.39, 0.29) is 6.61 Å². The summed E-state index contributed by atoms with van der Waals surface area (Å²) in [4.78, 5) is 16.3. The first kappa shape index (κ1) is 21.6. The minimum absolute atomic E-state index is 0.160. The van der Waals surface area contributed by atoms with Gasteiger partial charge < -0.3 is 26.2 Å². The Bertz CT molecular complexity index is 985. The zero-order valence-corrected chi connectivity index (χ0v) is 17.6. The number of primary amides is 1. The van der Waals surface area contributed by atoms with Gasteiger partial charge in [-0.05, 0) is 42.1 Å². The van der Waals surface area contributed by atoms with Crippen molar-refractivity contribution in [1.29, 1.82) is 0 Å². The van der Waals surface area contributed by atoms with Crippen LogP contribution in [0.1, 0.15) is 23.5 Å². The number of nitrogens with one attached hydrogen (secondary N) is 2. The number of benzene rings is 2. The molecule has 1 heterocycles. The van der Waals surface area contributed by atoms with Gasteiger partial charge in [-0.3, -0.25) is 4.79 Å². The number of guanidine groups is 1. The Hall–Kier alpha value is -3.10. The highest BCUT2D eigenvalue weighted by atomic mass is 32.1. The number of aliphatic hydroxyl groups is 1. The van der Waals surface area contributed by atoms with Gasteiger partial charge in [0.1, 0.15) is 11.9 Å². The molecule has 0 aliphatic heterocycles. The molecule has 7 nitrogen and oxygen atoms in total. The molecule has 0 spiro atoms. The maximum Gasteiger partial charge on any atom is 0.255 e. The summed E-state index contributed by atoms with van der Waals surface area (Å²) in [6, 6.07) is 17.5. The van der Waals surface area contributed by atoms with Crippen molar-refractivity contribution < 1.29 is 14.6 Å². The van der Waals surface area contributed by atoms with E-state index in [9.17, 15) is 9.90 Å². The molecule has 30 heavy (non-hydrogen) atoms. The minimum atomic E-state index is -0.628. The number of carbonyl (C=O) groups excluding carboxylic acids is 1. The lowest BCUT2D eigenvalue weighted by Gasteiger charge is -2.14. The second-order valence-corrected chi connectivity index (χ2v) is 7.80. The Kier molecular flexibility index (Phi) is 7.64. The third kappa shape index (κ3) is 6.20. The van der Waals surface area contributed by atoms with E-state index < -0.39 is 12.0 Å². The number of carbonyl (C=O) groups is 1. The zero-order chi connectivity index (χ0) is 21.3. The van der Waals surface area contributed by atoms with E-state index in [1.54, 1.807) is 17.4 Å². The number of aliphatic hydroxyl groups excluding tert-OH is 1. The van der Waals surface area contributed by atoms with E-state index in [4.69, 9.17) is 10.5 Å². The maximum atomic E-state index is 10.9. The summed E-state index contributed by atoms with van der Waals surface area (Å²) in [7, 11) is 0. The van der Waals surface area contributed by atoms with Crippen LogP contribution in [0.25, 0.3) is 10.1 Å². The molecule has 3 aromatic rings. The largest absolute Gasteiger partial charge is 0.484 e. The predicted octanol–water partition coefficient (Wildman–Crippen LogP) is 2.55. The number of nitrogens with two attached hydrogens (primary N) is 1. The quantitative estimate of drug-likeness (QED) is 0.311. The van der Waals surface area contributed by atoms with Crippen molar-refractivity contribution in [2.75, 3.05) is 19.7 Å². The van der Waals surface area contributed by atoms with Crippen molar-refractivity contribution in [3.63, 3.8) is 0 Å². The normalized spacial score (nSPS) is 12.5. The molecule has 1 atom stereocenters. The summed E-state index contributed by atoms with van der Waals surface area (Å²) in [6.45, 7) is 3.29. The zero-order valence-electron chi connectivity index (χ0n) is 16.8. The number of hydrogen-bond donors (Lipinski definition) is 4. The number of aliphatic imine (C=N–C) groups is 1. The fourth-order valence-corrected chi connectivity index (χ4v) is 3.91. The van der Waals surface area contributed by atoms with Crippen molar-refractivity contribution >= 4 is 33.3 Å². The molecular weight excluding hydrogens is 400 g/mol. The van der Waals surface area contributed by atoms with Gasteiger partial charge in [0.2, 0.25) is 0 Å². The fourth-order valence-electron chi connectivity index (χ4n) is 2.86. The Balaban J connectivity index is 1.60. The van der Waals surface area contributed by atoms with Crippen molar-refractivity contribution in [3.05, 3.63) is 65.0 Å². The molecule has 1 unspecified atom stereocenters. The van der Waals surface area contributed by atoms with Gasteiger partial charge >= 0.3 is 0 Å². The number of nitrogens with zero attached hydrogens (tertiary/aromatic N) is 1. The second kappa shape index (κ2) is 10.6. The number of thiophene rings is 1. The van der Waals surface area contributed by atoms with Gasteiger partial charge in [0, 0.05) is 22.7 Å². The highest BCUT2D eigenvalue weighted by Gasteiger charge is 2.12. The Morgan fingerprint density at radius 1 is 1.20 bits per heavy atom. The first-order valence-corrected chi connectivity index (χ1v) is 10.6. The van der Waals surface area contributed by atoms with Gasteiger partial charge in [-0.15, -0.1) is 11.3 Å². The molecule has 0 saturated heterocycles. The van der Waals surface area contributed by atoms with Crippen LogP contribution in [-0.2, 0) is 11.3 Å². The van der Waals surface area contributed by atoms with Gasteiger partial charge in [-0.2, -0.15) is 0 Å². The molecule has 0 fully saturated rings. The molecule has 8 heteroatoms. The number of amides is 1. The number of fused-ring (bicyclic) bond motifs is 1. The predicted molar refractivity (Wildman–Crippen MR) is 121 cm³/mol. The summed E-state index contributed by atoms with van der Waals surface area (Å²) < 4.78 is 6.49. The lowest BCUT2D eigenvalue weighted by atomic mass is 10.2. The van der Waals surface area contributed by atoms with Crippen LogP contribution in [0, 0.1) is 0 Å². The third-order valence-corrected chi connectivity index (χ3v) is 5.50. The number of ether oxygens (including phenoxy) is 1. The molecule has 3 rings (SSSR count). The molecule has 1 aromatic heterocycles. The molecule has 0 saturated carbocycles. The van der Waals surface area contributed by atoms with Crippen LogP contribution >= 0.6 is 11.3 Å².